The summed E-state index contributed by atoms with van der Waals surface area (Å²) < 4.78 is 39.7. The number of hydrogen-bond acceptors (Lipinski definition) is 6. The van der Waals surface area contributed by atoms with Gasteiger partial charge in [-0.2, -0.15) is 5.10 Å². The van der Waals surface area contributed by atoms with Crippen molar-refractivity contribution in [2.45, 2.75) is 6.54 Å². The Morgan fingerprint density at radius 2 is 1.87 bits per heavy atom. The van der Waals surface area contributed by atoms with E-state index in [0.717, 1.165) is 49.0 Å². The summed E-state index contributed by atoms with van der Waals surface area (Å²) >= 11 is 4.61. The molecule has 0 atom stereocenters. The van der Waals surface area contributed by atoms with Crippen molar-refractivity contribution in [3.8, 4) is 11.5 Å². The third-order valence-electron chi connectivity index (χ3n) is 5.00. The summed E-state index contributed by atoms with van der Waals surface area (Å²) in [5, 5.41) is 3.62. The van der Waals surface area contributed by atoms with Crippen LogP contribution in [0.25, 0.3) is 0 Å². The fourth-order valence-electron chi connectivity index (χ4n) is 3.50. The number of rotatable bonds is 5. The van der Waals surface area contributed by atoms with Crippen molar-refractivity contribution < 1.29 is 18.3 Å². The molecule has 0 aliphatic carbocycles. The van der Waals surface area contributed by atoms with Crippen LogP contribution in [0.5, 0.6) is 11.5 Å². The predicted octanol–water partition coefficient (Wildman–Crippen LogP) is 2.18. The number of nitrogens with two attached hydrogens (primary N) is 1. The summed E-state index contributed by atoms with van der Waals surface area (Å²) in [4.78, 5) is 4.12. The molecule has 2 heterocycles. The normalized spacial score (nSPS) is 16.3. The van der Waals surface area contributed by atoms with E-state index >= 15 is 0 Å². The van der Waals surface area contributed by atoms with E-state index in [1.54, 1.807) is 0 Å². The number of ether oxygens (including phenoxy) is 2. The second-order valence-electron chi connectivity index (χ2n) is 7.01. The van der Waals surface area contributed by atoms with Crippen LogP contribution in [-0.4, -0.2) is 49.2 Å². The molecule has 2 aliphatic heterocycles. The molecular formula is C20H21F2N5O2S. The van der Waals surface area contributed by atoms with Gasteiger partial charge in [0.15, 0.2) is 16.6 Å². The number of hydrazone groups is 1. The second-order valence-corrected chi connectivity index (χ2v) is 7.45. The number of fused-ring (bicyclic) bond motifs is 1. The Bertz CT molecular complexity index is 980. The number of benzene rings is 2. The Morgan fingerprint density at radius 3 is 2.63 bits per heavy atom. The lowest BCUT2D eigenvalue weighted by Gasteiger charge is -2.36. The van der Waals surface area contributed by atoms with Gasteiger partial charge in [0.05, 0.1) is 11.9 Å². The van der Waals surface area contributed by atoms with Crippen molar-refractivity contribution in [3.05, 3.63) is 53.1 Å². The Morgan fingerprint density at radius 1 is 1.10 bits per heavy atom. The standard InChI is InChI=1S/C20H21F2N5O2S/c21-15-9-17(16(22)8-14(15)10-24-25-20(23)30)27-5-3-26(4-6-27)11-13-1-2-18-19(7-13)29-12-28-18/h1-2,7-10H,3-6,11-12H2,(H3,23,25,30). The van der Waals surface area contributed by atoms with E-state index < -0.39 is 11.6 Å². The highest BCUT2D eigenvalue weighted by Gasteiger charge is 2.22. The van der Waals surface area contributed by atoms with Gasteiger partial charge in [-0.15, -0.1) is 0 Å². The highest BCUT2D eigenvalue weighted by molar-refractivity contribution is 7.80. The fraction of sp³-hybridized carbons (Fsp3) is 0.300. The van der Waals surface area contributed by atoms with E-state index in [1.807, 2.05) is 23.1 Å². The van der Waals surface area contributed by atoms with Gasteiger partial charge in [-0.25, -0.2) is 8.78 Å². The maximum absolute atomic E-state index is 14.6. The zero-order chi connectivity index (χ0) is 21.1. The van der Waals surface area contributed by atoms with Crippen molar-refractivity contribution in [2.24, 2.45) is 10.8 Å². The minimum absolute atomic E-state index is 0.0152. The lowest BCUT2D eigenvalue weighted by molar-refractivity contribution is 0.174. The SMILES string of the molecule is NC(=S)NN=Cc1cc(F)c(N2CCN(Cc3ccc4c(c3)OCO4)CC2)cc1F. The molecule has 1 saturated heterocycles. The van der Waals surface area contributed by atoms with Gasteiger partial charge in [0.2, 0.25) is 6.79 Å². The summed E-state index contributed by atoms with van der Waals surface area (Å²) in [5.74, 6) is 0.451. The molecule has 0 amide bonds. The van der Waals surface area contributed by atoms with Gasteiger partial charge >= 0.3 is 0 Å². The Balaban J connectivity index is 1.37. The van der Waals surface area contributed by atoms with Crippen molar-refractivity contribution in [3.63, 3.8) is 0 Å². The van der Waals surface area contributed by atoms with Crippen LogP contribution in [0.2, 0.25) is 0 Å². The summed E-state index contributed by atoms with van der Waals surface area (Å²) in [6.45, 7) is 3.66. The van der Waals surface area contributed by atoms with Crippen LogP contribution in [-0.2, 0) is 6.54 Å². The van der Waals surface area contributed by atoms with Crippen molar-refractivity contribution in [2.75, 3.05) is 37.9 Å². The third kappa shape index (κ3) is 4.60. The largest absolute Gasteiger partial charge is 0.454 e. The van der Waals surface area contributed by atoms with Crippen LogP contribution in [0.1, 0.15) is 11.1 Å². The van der Waals surface area contributed by atoms with Gasteiger partial charge in [0, 0.05) is 44.4 Å². The van der Waals surface area contributed by atoms with Gasteiger partial charge in [-0.1, -0.05) is 6.07 Å². The van der Waals surface area contributed by atoms with Crippen molar-refractivity contribution in [1.82, 2.24) is 10.3 Å². The highest BCUT2D eigenvalue weighted by Crippen LogP contribution is 2.33. The molecule has 7 nitrogen and oxygen atoms in total. The van der Waals surface area contributed by atoms with Gasteiger partial charge in [0.25, 0.3) is 0 Å². The second kappa shape index (κ2) is 8.80. The van der Waals surface area contributed by atoms with Crippen molar-refractivity contribution >= 4 is 29.2 Å². The van der Waals surface area contributed by atoms with Crippen LogP contribution < -0.4 is 25.5 Å². The van der Waals surface area contributed by atoms with Crippen LogP contribution in [0.3, 0.4) is 0 Å². The molecule has 0 saturated carbocycles. The van der Waals surface area contributed by atoms with E-state index in [0.29, 0.717) is 13.1 Å². The first-order valence-corrected chi connectivity index (χ1v) is 9.84. The Labute approximate surface area is 178 Å². The minimum Gasteiger partial charge on any atom is -0.454 e. The average Bonchev–Trinajstić information content (AvgIpc) is 3.19. The molecule has 0 aromatic heterocycles. The summed E-state index contributed by atoms with van der Waals surface area (Å²) in [6.07, 6.45) is 1.14. The van der Waals surface area contributed by atoms with E-state index in [4.69, 9.17) is 15.2 Å². The number of anilines is 1. The smallest absolute Gasteiger partial charge is 0.231 e. The molecule has 3 N–H and O–H groups in total. The van der Waals surface area contributed by atoms with E-state index in [-0.39, 0.29) is 23.2 Å². The fourth-order valence-corrected chi connectivity index (χ4v) is 3.56. The molecule has 2 aromatic rings. The summed E-state index contributed by atoms with van der Waals surface area (Å²) in [7, 11) is 0. The zero-order valence-electron chi connectivity index (χ0n) is 16.1. The third-order valence-corrected chi connectivity index (χ3v) is 5.09. The van der Waals surface area contributed by atoms with Crippen LogP contribution in [0.15, 0.2) is 35.4 Å². The van der Waals surface area contributed by atoms with Crippen molar-refractivity contribution in [1.29, 1.82) is 0 Å². The summed E-state index contributed by atoms with van der Waals surface area (Å²) in [5.41, 5.74) is 8.95. The first-order chi connectivity index (χ1) is 14.5. The van der Waals surface area contributed by atoms with Gasteiger partial charge in [-0.05, 0) is 36.0 Å². The molecule has 2 aliphatic rings. The lowest BCUT2D eigenvalue weighted by atomic mass is 10.1. The molecule has 1 fully saturated rings. The molecule has 4 rings (SSSR count). The number of nitrogens with zero attached hydrogens (tertiary/aromatic N) is 3. The van der Waals surface area contributed by atoms with Crippen LogP contribution in [0, 0.1) is 11.6 Å². The topological polar surface area (TPSA) is 75.4 Å². The maximum Gasteiger partial charge on any atom is 0.231 e. The van der Waals surface area contributed by atoms with Gasteiger partial charge in [0.1, 0.15) is 11.6 Å². The molecule has 0 unspecified atom stereocenters. The monoisotopic (exact) mass is 433 g/mol. The molecular weight excluding hydrogens is 412 g/mol. The Kier molecular flexibility index (Phi) is 5.96. The average molecular weight is 433 g/mol. The van der Waals surface area contributed by atoms with E-state index in [1.165, 1.54) is 6.07 Å². The molecule has 0 bridgehead atoms. The molecule has 30 heavy (non-hydrogen) atoms. The number of thiocarbonyl (C=S) groups is 1. The minimum atomic E-state index is -0.567. The molecule has 2 aromatic carbocycles. The first kappa shape index (κ1) is 20.3. The number of hydrogen-bond donors (Lipinski definition) is 2. The zero-order valence-corrected chi connectivity index (χ0v) is 16.9. The van der Waals surface area contributed by atoms with Gasteiger partial charge < -0.3 is 20.1 Å². The molecule has 158 valence electrons. The lowest BCUT2D eigenvalue weighted by Crippen LogP contribution is -2.46. The van der Waals surface area contributed by atoms with E-state index in [2.05, 4.69) is 27.6 Å². The Hall–Kier alpha value is -2.98. The maximum atomic E-state index is 14.6. The number of nitrogens with one attached hydrogen (secondary N) is 1. The van der Waals surface area contributed by atoms with E-state index in [9.17, 15) is 8.78 Å². The quantitative estimate of drug-likeness (QED) is 0.425. The first-order valence-electron chi connectivity index (χ1n) is 9.43. The van der Waals surface area contributed by atoms with Crippen LogP contribution in [0.4, 0.5) is 14.5 Å². The molecule has 0 spiro atoms. The summed E-state index contributed by atoms with van der Waals surface area (Å²) in [6, 6.07) is 8.23. The number of piperazine rings is 1. The predicted molar refractivity (Wildman–Crippen MR) is 114 cm³/mol. The molecule has 0 radical (unpaired) electrons. The number of halogens is 2. The van der Waals surface area contributed by atoms with Gasteiger partial charge in [-0.3, -0.25) is 10.3 Å². The highest BCUT2D eigenvalue weighted by atomic mass is 32.1. The van der Waals surface area contributed by atoms with Crippen LogP contribution >= 0.6 is 12.2 Å². The molecule has 10 heteroatoms.